The lowest BCUT2D eigenvalue weighted by atomic mass is 9.93. The average Bonchev–Trinajstić information content (AvgIpc) is 2.05. The average molecular weight is 156 g/mol. The van der Waals surface area contributed by atoms with E-state index in [4.69, 9.17) is 5.11 Å². The van der Waals surface area contributed by atoms with Crippen molar-refractivity contribution in [2.45, 2.75) is 44.8 Å². The van der Waals surface area contributed by atoms with Crippen LogP contribution in [0.1, 0.15) is 32.6 Å². The summed E-state index contributed by atoms with van der Waals surface area (Å²) in [6.45, 7) is 1.63. The van der Waals surface area contributed by atoms with Crippen LogP contribution in [-0.4, -0.2) is 22.4 Å². The molecule has 1 rings (SSSR count). The highest BCUT2D eigenvalue weighted by molar-refractivity contribution is 5.11. The maximum Gasteiger partial charge on any atom is 0.101 e. The monoisotopic (exact) mass is 156 g/mol. The molecule has 64 valence electrons. The van der Waals surface area contributed by atoms with E-state index in [9.17, 15) is 5.11 Å². The van der Waals surface area contributed by atoms with Gasteiger partial charge in [-0.1, -0.05) is 6.08 Å². The summed E-state index contributed by atoms with van der Waals surface area (Å²) in [6.07, 6.45) is 5.17. The zero-order valence-electron chi connectivity index (χ0n) is 6.95. The van der Waals surface area contributed by atoms with Crippen molar-refractivity contribution >= 4 is 0 Å². The summed E-state index contributed by atoms with van der Waals surface area (Å²) in [7, 11) is 0. The first-order valence-electron chi connectivity index (χ1n) is 4.27. The molecule has 0 amide bonds. The Morgan fingerprint density at radius 2 is 2.09 bits per heavy atom. The molecular formula is C9H16O2. The second-order valence-electron chi connectivity index (χ2n) is 3.21. The summed E-state index contributed by atoms with van der Waals surface area (Å²) in [4.78, 5) is 0. The Bertz CT molecular complexity index is 150. The van der Waals surface area contributed by atoms with Crippen molar-refractivity contribution in [3.8, 4) is 0 Å². The van der Waals surface area contributed by atoms with Gasteiger partial charge < -0.3 is 10.2 Å². The van der Waals surface area contributed by atoms with E-state index >= 15 is 0 Å². The van der Waals surface area contributed by atoms with Gasteiger partial charge in [-0.15, -0.1) is 0 Å². The first-order valence-corrected chi connectivity index (χ1v) is 4.27. The number of aliphatic hydroxyl groups excluding tert-OH is 2. The zero-order valence-corrected chi connectivity index (χ0v) is 6.95. The molecule has 2 heteroatoms. The van der Waals surface area contributed by atoms with E-state index in [2.05, 4.69) is 6.08 Å². The van der Waals surface area contributed by atoms with Crippen molar-refractivity contribution in [3.05, 3.63) is 11.6 Å². The third-order valence-electron chi connectivity index (χ3n) is 2.16. The minimum Gasteiger partial charge on any atom is -0.390 e. The molecule has 0 saturated carbocycles. The number of allylic oxidation sites excluding steroid dienone is 1. The molecule has 0 aliphatic heterocycles. The SMILES string of the molecule is C[C@@H](O)[C@H](O)C1=CCCCC1. The van der Waals surface area contributed by atoms with Crippen LogP contribution in [0.2, 0.25) is 0 Å². The second-order valence-corrected chi connectivity index (χ2v) is 3.21. The Hall–Kier alpha value is -0.340. The standard InChI is InChI=1S/C9H16O2/c1-7(10)9(11)8-5-3-2-4-6-8/h5,7,9-11H,2-4,6H2,1H3/t7-,9+/m1/s1. The normalized spacial score (nSPS) is 24.1. The van der Waals surface area contributed by atoms with E-state index in [1.807, 2.05) is 0 Å². The predicted octanol–water partition coefficient (Wildman–Crippen LogP) is 1.23. The Balaban J connectivity index is 2.51. The molecule has 1 aliphatic carbocycles. The summed E-state index contributed by atoms with van der Waals surface area (Å²) in [5, 5.41) is 18.5. The van der Waals surface area contributed by atoms with Crippen molar-refractivity contribution in [1.82, 2.24) is 0 Å². The first kappa shape index (κ1) is 8.75. The molecule has 2 atom stereocenters. The fraction of sp³-hybridized carbons (Fsp3) is 0.778. The van der Waals surface area contributed by atoms with Crippen LogP contribution in [0, 0.1) is 0 Å². The molecule has 0 heterocycles. The highest BCUT2D eigenvalue weighted by atomic mass is 16.3. The predicted molar refractivity (Wildman–Crippen MR) is 44.2 cm³/mol. The minimum absolute atomic E-state index is 0.626. The lowest BCUT2D eigenvalue weighted by molar-refractivity contribution is 0.0516. The van der Waals surface area contributed by atoms with Gasteiger partial charge in [-0.25, -0.2) is 0 Å². The number of hydrogen-bond donors (Lipinski definition) is 2. The van der Waals surface area contributed by atoms with Crippen molar-refractivity contribution in [1.29, 1.82) is 0 Å². The van der Waals surface area contributed by atoms with Gasteiger partial charge in [0, 0.05) is 0 Å². The Morgan fingerprint density at radius 3 is 2.55 bits per heavy atom. The largest absolute Gasteiger partial charge is 0.390 e. The van der Waals surface area contributed by atoms with E-state index in [1.54, 1.807) is 6.92 Å². The summed E-state index contributed by atoms with van der Waals surface area (Å²) < 4.78 is 0. The molecule has 0 bridgehead atoms. The van der Waals surface area contributed by atoms with Crippen LogP contribution in [0.3, 0.4) is 0 Å². The summed E-state index contributed by atoms with van der Waals surface area (Å²) in [6, 6.07) is 0. The molecule has 0 unspecified atom stereocenters. The fourth-order valence-corrected chi connectivity index (χ4v) is 1.44. The quantitative estimate of drug-likeness (QED) is 0.590. The molecule has 2 nitrogen and oxygen atoms in total. The number of hydrogen-bond acceptors (Lipinski definition) is 2. The lowest BCUT2D eigenvalue weighted by Gasteiger charge is -2.20. The van der Waals surface area contributed by atoms with Crippen molar-refractivity contribution in [2.24, 2.45) is 0 Å². The van der Waals surface area contributed by atoms with Gasteiger partial charge in [0.05, 0.1) is 6.10 Å². The molecule has 0 aromatic carbocycles. The van der Waals surface area contributed by atoms with Gasteiger partial charge in [0.1, 0.15) is 6.10 Å². The van der Waals surface area contributed by atoms with Gasteiger partial charge in [-0.3, -0.25) is 0 Å². The molecule has 0 fully saturated rings. The summed E-state index contributed by atoms with van der Waals surface area (Å²) in [5.41, 5.74) is 1.02. The number of aliphatic hydroxyl groups is 2. The molecule has 0 aromatic heterocycles. The van der Waals surface area contributed by atoms with E-state index in [0.29, 0.717) is 0 Å². The molecule has 1 aliphatic rings. The summed E-state index contributed by atoms with van der Waals surface area (Å²) in [5.74, 6) is 0. The van der Waals surface area contributed by atoms with Gasteiger partial charge in [-0.05, 0) is 38.2 Å². The molecule has 0 saturated heterocycles. The van der Waals surface area contributed by atoms with Gasteiger partial charge in [0.2, 0.25) is 0 Å². The van der Waals surface area contributed by atoms with E-state index in [-0.39, 0.29) is 0 Å². The van der Waals surface area contributed by atoms with Crippen LogP contribution in [0.25, 0.3) is 0 Å². The van der Waals surface area contributed by atoms with Crippen LogP contribution < -0.4 is 0 Å². The van der Waals surface area contributed by atoms with Gasteiger partial charge in [-0.2, -0.15) is 0 Å². The van der Waals surface area contributed by atoms with Crippen LogP contribution in [0.5, 0.6) is 0 Å². The molecular weight excluding hydrogens is 140 g/mol. The first-order chi connectivity index (χ1) is 5.22. The fourth-order valence-electron chi connectivity index (χ4n) is 1.44. The highest BCUT2D eigenvalue weighted by Gasteiger charge is 2.17. The van der Waals surface area contributed by atoms with Crippen molar-refractivity contribution in [2.75, 3.05) is 0 Å². The van der Waals surface area contributed by atoms with E-state index in [1.165, 1.54) is 6.42 Å². The van der Waals surface area contributed by atoms with Crippen molar-refractivity contribution < 1.29 is 10.2 Å². The maximum atomic E-state index is 9.43. The topological polar surface area (TPSA) is 40.5 Å². The Kier molecular flexibility index (Phi) is 3.09. The minimum atomic E-state index is -0.629. The van der Waals surface area contributed by atoms with Crippen LogP contribution >= 0.6 is 0 Å². The third kappa shape index (κ3) is 2.31. The van der Waals surface area contributed by atoms with Crippen LogP contribution in [-0.2, 0) is 0 Å². The lowest BCUT2D eigenvalue weighted by Crippen LogP contribution is -2.25. The zero-order chi connectivity index (χ0) is 8.27. The molecule has 0 radical (unpaired) electrons. The van der Waals surface area contributed by atoms with Gasteiger partial charge in [0.25, 0.3) is 0 Å². The molecule has 0 aromatic rings. The van der Waals surface area contributed by atoms with Crippen molar-refractivity contribution in [3.63, 3.8) is 0 Å². The van der Waals surface area contributed by atoms with E-state index < -0.39 is 12.2 Å². The molecule has 0 spiro atoms. The maximum absolute atomic E-state index is 9.43. The van der Waals surface area contributed by atoms with Crippen LogP contribution in [0.15, 0.2) is 11.6 Å². The molecule has 2 N–H and O–H groups in total. The Labute approximate surface area is 67.6 Å². The second kappa shape index (κ2) is 3.88. The number of rotatable bonds is 2. The highest BCUT2D eigenvalue weighted by Crippen LogP contribution is 2.21. The summed E-state index contributed by atoms with van der Waals surface area (Å²) >= 11 is 0. The molecule has 11 heavy (non-hydrogen) atoms. The van der Waals surface area contributed by atoms with Gasteiger partial charge in [0.15, 0.2) is 0 Å². The smallest absolute Gasteiger partial charge is 0.101 e. The van der Waals surface area contributed by atoms with Crippen LogP contribution in [0.4, 0.5) is 0 Å². The van der Waals surface area contributed by atoms with E-state index in [0.717, 1.165) is 24.8 Å². The Morgan fingerprint density at radius 1 is 1.36 bits per heavy atom. The van der Waals surface area contributed by atoms with Gasteiger partial charge >= 0.3 is 0 Å². The third-order valence-corrected chi connectivity index (χ3v) is 2.16.